The molecule has 0 radical (unpaired) electrons. The third-order valence-electron chi connectivity index (χ3n) is 3.45. The van der Waals surface area contributed by atoms with E-state index in [1.807, 2.05) is 38.1 Å². The second kappa shape index (κ2) is 5.86. The molecule has 0 aliphatic carbocycles. The predicted molar refractivity (Wildman–Crippen MR) is 84.4 cm³/mol. The van der Waals surface area contributed by atoms with Gasteiger partial charge in [0.1, 0.15) is 17.1 Å². The fraction of sp³-hybridized carbons (Fsp3) is 0.267. The largest absolute Gasteiger partial charge is 0.497 e. The fourth-order valence-corrected chi connectivity index (χ4v) is 3.00. The number of methoxy groups -OCH3 is 1. The highest BCUT2D eigenvalue weighted by molar-refractivity contribution is 7.14. The van der Waals surface area contributed by atoms with Crippen molar-refractivity contribution in [2.75, 3.05) is 7.11 Å². The molecule has 0 aliphatic rings. The van der Waals surface area contributed by atoms with Gasteiger partial charge in [-0.3, -0.25) is 0 Å². The average Bonchev–Trinajstić information content (AvgIpc) is 3.11. The molecule has 0 saturated carbocycles. The highest BCUT2D eigenvalue weighted by atomic mass is 32.1. The number of hydrogen-bond donors (Lipinski definition) is 1. The Morgan fingerprint density at radius 2 is 1.95 bits per heavy atom. The Kier molecular flexibility index (Phi) is 3.91. The Bertz CT molecular complexity index is 773. The molecule has 0 aliphatic heterocycles. The van der Waals surface area contributed by atoms with Crippen LogP contribution in [0.2, 0.25) is 0 Å². The number of nitrogens with zero attached hydrogens (tertiary/aromatic N) is 4. The van der Waals surface area contributed by atoms with Crippen molar-refractivity contribution in [2.24, 2.45) is 0 Å². The Labute approximate surface area is 132 Å². The lowest BCUT2D eigenvalue weighted by atomic mass is 10.1. The van der Waals surface area contributed by atoms with Crippen molar-refractivity contribution >= 4 is 11.3 Å². The van der Waals surface area contributed by atoms with Crippen molar-refractivity contribution in [2.45, 2.75) is 20.5 Å². The molecule has 6 nitrogen and oxygen atoms in total. The van der Waals surface area contributed by atoms with Crippen LogP contribution < -0.4 is 4.74 Å². The van der Waals surface area contributed by atoms with E-state index in [4.69, 9.17) is 4.74 Å². The minimum absolute atomic E-state index is 0.176. The first-order valence-corrected chi connectivity index (χ1v) is 7.60. The van der Waals surface area contributed by atoms with Crippen molar-refractivity contribution in [3.05, 3.63) is 40.5 Å². The maximum Gasteiger partial charge on any atom is 0.212 e. The molecule has 1 N–H and O–H groups in total. The SMILES string of the molecule is COc1ccc(-c2c(CO)nnn2-c2nc(C)c(C)s2)cc1. The van der Waals surface area contributed by atoms with Gasteiger partial charge in [0.15, 0.2) is 0 Å². The molecule has 0 spiro atoms. The molecule has 0 amide bonds. The van der Waals surface area contributed by atoms with Crippen LogP contribution in [-0.2, 0) is 6.61 Å². The molecule has 0 unspecified atom stereocenters. The number of hydrogen-bond acceptors (Lipinski definition) is 6. The van der Waals surface area contributed by atoms with Gasteiger partial charge in [-0.15, -0.1) is 5.10 Å². The molecule has 22 heavy (non-hydrogen) atoms. The van der Waals surface area contributed by atoms with Crippen LogP contribution in [0.4, 0.5) is 0 Å². The van der Waals surface area contributed by atoms with Gasteiger partial charge in [-0.2, -0.15) is 4.68 Å². The van der Waals surface area contributed by atoms with Crippen LogP contribution in [-0.4, -0.2) is 32.2 Å². The molecule has 2 heterocycles. The summed E-state index contributed by atoms with van der Waals surface area (Å²) in [7, 11) is 1.63. The second-order valence-corrected chi connectivity index (χ2v) is 6.00. The van der Waals surface area contributed by atoms with Gasteiger partial charge in [-0.25, -0.2) is 4.98 Å². The van der Waals surface area contributed by atoms with Gasteiger partial charge in [0, 0.05) is 10.4 Å². The quantitative estimate of drug-likeness (QED) is 0.800. The highest BCUT2D eigenvalue weighted by Crippen LogP contribution is 2.29. The zero-order valence-electron chi connectivity index (χ0n) is 12.6. The maximum absolute atomic E-state index is 9.54. The molecule has 2 aromatic heterocycles. The summed E-state index contributed by atoms with van der Waals surface area (Å²) in [5, 5.41) is 18.5. The average molecular weight is 316 g/mol. The van der Waals surface area contributed by atoms with Gasteiger partial charge in [0.2, 0.25) is 5.13 Å². The zero-order chi connectivity index (χ0) is 15.7. The topological polar surface area (TPSA) is 73.1 Å². The number of ether oxygens (including phenoxy) is 1. The lowest BCUT2D eigenvalue weighted by Gasteiger charge is -2.06. The van der Waals surface area contributed by atoms with Crippen LogP contribution in [0.25, 0.3) is 16.4 Å². The van der Waals surface area contributed by atoms with E-state index in [1.165, 1.54) is 0 Å². The molecule has 3 rings (SSSR count). The lowest BCUT2D eigenvalue weighted by molar-refractivity contribution is 0.277. The summed E-state index contributed by atoms with van der Waals surface area (Å²) in [4.78, 5) is 5.66. The molecule has 0 saturated heterocycles. The molecular formula is C15H16N4O2S. The molecule has 7 heteroatoms. The summed E-state index contributed by atoms with van der Waals surface area (Å²) in [5.41, 5.74) is 3.15. The zero-order valence-corrected chi connectivity index (χ0v) is 13.4. The van der Waals surface area contributed by atoms with E-state index >= 15 is 0 Å². The van der Waals surface area contributed by atoms with Crippen molar-refractivity contribution in [1.29, 1.82) is 0 Å². The molecule has 0 atom stereocenters. The number of aryl methyl sites for hydroxylation is 2. The Hall–Kier alpha value is -2.25. The van der Waals surface area contributed by atoms with Crippen LogP contribution >= 0.6 is 11.3 Å². The summed E-state index contributed by atoms with van der Waals surface area (Å²) < 4.78 is 6.86. The van der Waals surface area contributed by atoms with Crippen molar-refractivity contribution in [1.82, 2.24) is 20.0 Å². The lowest BCUT2D eigenvalue weighted by Crippen LogP contribution is -2.00. The minimum Gasteiger partial charge on any atom is -0.497 e. The van der Waals surface area contributed by atoms with Gasteiger partial charge in [-0.1, -0.05) is 16.6 Å². The van der Waals surface area contributed by atoms with E-state index in [9.17, 15) is 5.11 Å². The second-order valence-electron chi connectivity index (χ2n) is 4.82. The van der Waals surface area contributed by atoms with Crippen LogP contribution in [0.15, 0.2) is 24.3 Å². The predicted octanol–water partition coefficient (Wildman–Crippen LogP) is 2.51. The Morgan fingerprint density at radius 3 is 2.50 bits per heavy atom. The standard InChI is InChI=1S/C15H16N4O2S/c1-9-10(2)22-15(16-9)19-14(13(8-20)17-18-19)11-4-6-12(21-3)7-5-11/h4-7,20H,8H2,1-3H3. The summed E-state index contributed by atoms with van der Waals surface area (Å²) >= 11 is 1.55. The number of aliphatic hydroxyl groups is 1. The first-order valence-electron chi connectivity index (χ1n) is 6.78. The third kappa shape index (κ3) is 2.49. The number of rotatable bonds is 4. The number of aliphatic hydroxyl groups excluding tert-OH is 1. The summed E-state index contributed by atoms with van der Waals surface area (Å²) in [6.07, 6.45) is 0. The summed E-state index contributed by atoms with van der Waals surface area (Å²) in [6.45, 7) is 3.81. The fourth-order valence-electron chi connectivity index (χ4n) is 2.14. The number of benzene rings is 1. The van der Waals surface area contributed by atoms with E-state index in [2.05, 4.69) is 15.3 Å². The van der Waals surface area contributed by atoms with Gasteiger partial charge in [0.05, 0.1) is 19.4 Å². The molecule has 3 aromatic rings. The monoisotopic (exact) mass is 316 g/mol. The van der Waals surface area contributed by atoms with Crippen LogP contribution in [0.5, 0.6) is 5.75 Å². The van der Waals surface area contributed by atoms with E-state index in [-0.39, 0.29) is 6.61 Å². The smallest absolute Gasteiger partial charge is 0.212 e. The third-order valence-corrected chi connectivity index (χ3v) is 4.50. The minimum atomic E-state index is -0.176. The van der Waals surface area contributed by atoms with Crippen molar-refractivity contribution in [3.8, 4) is 22.1 Å². The molecule has 1 aromatic carbocycles. The molecule has 0 bridgehead atoms. The Balaban J connectivity index is 2.14. The summed E-state index contributed by atoms with van der Waals surface area (Å²) in [5.74, 6) is 0.772. The molecular weight excluding hydrogens is 300 g/mol. The van der Waals surface area contributed by atoms with Crippen LogP contribution in [0.1, 0.15) is 16.3 Å². The van der Waals surface area contributed by atoms with Gasteiger partial charge < -0.3 is 9.84 Å². The van der Waals surface area contributed by atoms with E-state index in [0.717, 1.165) is 32.7 Å². The molecule has 0 fully saturated rings. The Morgan fingerprint density at radius 1 is 1.23 bits per heavy atom. The van der Waals surface area contributed by atoms with Gasteiger partial charge >= 0.3 is 0 Å². The molecule has 114 valence electrons. The maximum atomic E-state index is 9.54. The van der Waals surface area contributed by atoms with Crippen molar-refractivity contribution in [3.63, 3.8) is 0 Å². The summed E-state index contributed by atoms with van der Waals surface area (Å²) in [6, 6.07) is 7.57. The van der Waals surface area contributed by atoms with Gasteiger partial charge in [-0.05, 0) is 38.1 Å². The van der Waals surface area contributed by atoms with Crippen LogP contribution in [0.3, 0.4) is 0 Å². The normalized spacial score (nSPS) is 10.9. The first kappa shape index (κ1) is 14.7. The first-order chi connectivity index (χ1) is 10.6. The number of aromatic nitrogens is 4. The van der Waals surface area contributed by atoms with Crippen molar-refractivity contribution < 1.29 is 9.84 Å². The number of thiazole rings is 1. The van der Waals surface area contributed by atoms with Crippen LogP contribution in [0, 0.1) is 13.8 Å². The van der Waals surface area contributed by atoms with Gasteiger partial charge in [0.25, 0.3) is 0 Å². The van der Waals surface area contributed by atoms with E-state index in [1.54, 1.807) is 23.1 Å². The van der Waals surface area contributed by atoms with E-state index < -0.39 is 0 Å². The highest BCUT2D eigenvalue weighted by Gasteiger charge is 2.18. The van der Waals surface area contributed by atoms with E-state index in [0.29, 0.717) is 5.69 Å².